The highest BCUT2D eigenvalue weighted by molar-refractivity contribution is 14.0. The first-order valence-corrected chi connectivity index (χ1v) is 7.42. The third kappa shape index (κ3) is 8.57. The highest BCUT2D eigenvalue weighted by atomic mass is 127. The van der Waals surface area contributed by atoms with E-state index in [9.17, 15) is 4.39 Å². The molecular weight excluding hydrogens is 452 g/mol. The van der Waals surface area contributed by atoms with Gasteiger partial charge in [0, 0.05) is 26.7 Å². The Bertz CT molecular complexity index is 446. The predicted molar refractivity (Wildman–Crippen MR) is 99.1 cm³/mol. The topological polar surface area (TPSA) is 45.6 Å². The zero-order chi connectivity index (χ0) is 14.8. The summed E-state index contributed by atoms with van der Waals surface area (Å²) in [4.78, 5) is 4.12. The smallest absolute Gasteiger partial charge is 0.191 e. The molecule has 0 amide bonds. The number of ether oxygens (including phenoxy) is 1. The molecule has 0 saturated carbocycles. The Morgan fingerprint density at radius 1 is 1.33 bits per heavy atom. The van der Waals surface area contributed by atoms with Crippen LogP contribution in [0.25, 0.3) is 0 Å². The largest absolute Gasteiger partial charge is 0.380 e. The van der Waals surface area contributed by atoms with Crippen molar-refractivity contribution in [2.45, 2.75) is 13.3 Å². The van der Waals surface area contributed by atoms with Crippen molar-refractivity contribution in [1.82, 2.24) is 10.6 Å². The Morgan fingerprint density at radius 2 is 2.05 bits per heavy atom. The van der Waals surface area contributed by atoms with Crippen LogP contribution in [0.2, 0.25) is 0 Å². The van der Waals surface area contributed by atoms with E-state index in [0.717, 1.165) is 31.0 Å². The lowest BCUT2D eigenvalue weighted by atomic mass is 10.1. The van der Waals surface area contributed by atoms with Gasteiger partial charge >= 0.3 is 0 Å². The number of rotatable bonds is 7. The number of hydrogen-bond donors (Lipinski definition) is 2. The number of benzene rings is 1. The second-order valence-corrected chi connectivity index (χ2v) is 4.98. The fourth-order valence-electron chi connectivity index (χ4n) is 1.63. The van der Waals surface area contributed by atoms with Crippen LogP contribution < -0.4 is 10.6 Å². The summed E-state index contributed by atoms with van der Waals surface area (Å²) in [6.07, 6.45) is 0.797. The summed E-state index contributed by atoms with van der Waals surface area (Å²) in [5.74, 6) is 0.501. The molecule has 7 heteroatoms. The van der Waals surface area contributed by atoms with Gasteiger partial charge < -0.3 is 15.4 Å². The van der Waals surface area contributed by atoms with Crippen LogP contribution >= 0.6 is 39.9 Å². The summed E-state index contributed by atoms with van der Waals surface area (Å²) in [5, 5.41) is 6.36. The first-order chi connectivity index (χ1) is 9.67. The van der Waals surface area contributed by atoms with Crippen molar-refractivity contribution in [2.24, 2.45) is 4.99 Å². The molecule has 1 aromatic rings. The Balaban J connectivity index is 0.00000400. The van der Waals surface area contributed by atoms with Gasteiger partial charge in [-0.3, -0.25) is 4.99 Å². The summed E-state index contributed by atoms with van der Waals surface area (Å²) >= 11 is 3.18. The number of nitrogens with one attached hydrogen (secondary N) is 2. The van der Waals surface area contributed by atoms with Crippen molar-refractivity contribution in [3.63, 3.8) is 0 Å². The quantitative estimate of drug-likeness (QED) is 0.277. The fourth-order valence-corrected chi connectivity index (χ4v) is 2.05. The maximum Gasteiger partial charge on any atom is 0.191 e. The minimum Gasteiger partial charge on any atom is -0.380 e. The van der Waals surface area contributed by atoms with E-state index in [-0.39, 0.29) is 29.8 Å². The van der Waals surface area contributed by atoms with Crippen LogP contribution in [0, 0.1) is 5.82 Å². The lowest BCUT2D eigenvalue weighted by molar-refractivity contribution is 0.152. The molecule has 0 aromatic heterocycles. The average molecular weight is 474 g/mol. The van der Waals surface area contributed by atoms with Crippen molar-refractivity contribution in [3.05, 3.63) is 34.1 Å². The third-order valence-electron chi connectivity index (χ3n) is 2.66. The number of guanidine groups is 1. The second kappa shape index (κ2) is 12.2. The van der Waals surface area contributed by atoms with Gasteiger partial charge in [0.1, 0.15) is 5.82 Å². The summed E-state index contributed by atoms with van der Waals surface area (Å²) < 4.78 is 18.8. The van der Waals surface area contributed by atoms with Gasteiger partial charge in [-0.25, -0.2) is 4.39 Å². The van der Waals surface area contributed by atoms with E-state index >= 15 is 0 Å². The number of halogens is 3. The summed E-state index contributed by atoms with van der Waals surface area (Å²) in [7, 11) is 1.73. The molecule has 2 N–H and O–H groups in total. The van der Waals surface area contributed by atoms with Gasteiger partial charge in [0.2, 0.25) is 0 Å². The molecule has 0 spiro atoms. The molecule has 0 atom stereocenters. The van der Waals surface area contributed by atoms with Gasteiger partial charge in [-0.2, -0.15) is 0 Å². The van der Waals surface area contributed by atoms with Gasteiger partial charge in [-0.05, 0) is 47.0 Å². The van der Waals surface area contributed by atoms with Crippen molar-refractivity contribution < 1.29 is 9.13 Å². The van der Waals surface area contributed by atoms with Crippen molar-refractivity contribution >= 4 is 45.9 Å². The molecule has 4 nitrogen and oxygen atoms in total. The number of aliphatic imine (C=N–C) groups is 1. The van der Waals surface area contributed by atoms with Crippen molar-refractivity contribution in [3.8, 4) is 0 Å². The molecule has 0 aliphatic carbocycles. The Kier molecular flexibility index (Phi) is 11.9. The predicted octanol–water partition coefficient (Wildman–Crippen LogP) is 2.95. The van der Waals surface area contributed by atoms with Crippen molar-refractivity contribution in [1.29, 1.82) is 0 Å². The fraction of sp³-hybridized carbons (Fsp3) is 0.500. The molecule has 0 radical (unpaired) electrons. The standard InChI is InChI=1S/C14H21BrFN3O.HI/c1-3-20-9-8-19-14(17-2)18-7-6-11-4-5-13(16)12(15)10-11;/h4-5,10H,3,6-9H2,1-2H3,(H2,17,18,19);1H. The van der Waals surface area contributed by atoms with Crippen LogP contribution in [0.5, 0.6) is 0 Å². The molecule has 120 valence electrons. The van der Waals surface area contributed by atoms with E-state index in [1.54, 1.807) is 19.2 Å². The van der Waals surface area contributed by atoms with Crippen LogP contribution in [-0.4, -0.2) is 39.3 Å². The van der Waals surface area contributed by atoms with Crippen LogP contribution in [0.1, 0.15) is 12.5 Å². The zero-order valence-corrected chi connectivity index (χ0v) is 16.2. The minimum atomic E-state index is -0.241. The van der Waals surface area contributed by atoms with Gasteiger partial charge in [-0.15, -0.1) is 24.0 Å². The number of nitrogens with zero attached hydrogens (tertiary/aromatic N) is 1. The molecule has 0 saturated heterocycles. The van der Waals surface area contributed by atoms with Crippen LogP contribution in [0.4, 0.5) is 4.39 Å². The zero-order valence-electron chi connectivity index (χ0n) is 12.3. The third-order valence-corrected chi connectivity index (χ3v) is 3.26. The van der Waals surface area contributed by atoms with E-state index in [1.165, 1.54) is 6.07 Å². The van der Waals surface area contributed by atoms with Gasteiger partial charge in [0.05, 0.1) is 11.1 Å². The first-order valence-electron chi connectivity index (χ1n) is 6.63. The van der Waals surface area contributed by atoms with Crippen LogP contribution in [-0.2, 0) is 11.2 Å². The van der Waals surface area contributed by atoms with E-state index in [1.807, 2.05) is 6.92 Å². The summed E-state index contributed by atoms with van der Waals surface area (Å²) in [6, 6.07) is 5.05. The molecule has 0 bridgehead atoms. The van der Waals surface area contributed by atoms with Crippen LogP contribution in [0.15, 0.2) is 27.7 Å². The van der Waals surface area contributed by atoms with Gasteiger partial charge in [0.15, 0.2) is 5.96 Å². The van der Waals surface area contributed by atoms with Gasteiger partial charge in [-0.1, -0.05) is 6.07 Å². The van der Waals surface area contributed by atoms with E-state index in [0.29, 0.717) is 17.7 Å². The highest BCUT2D eigenvalue weighted by Gasteiger charge is 2.01. The molecule has 0 aliphatic rings. The number of hydrogen-bond acceptors (Lipinski definition) is 2. The molecule has 0 aliphatic heterocycles. The van der Waals surface area contributed by atoms with E-state index in [2.05, 4.69) is 31.6 Å². The molecule has 21 heavy (non-hydrogen) atoms. The lowest BCUT2D eigenvalue weighted by Crippen LogP contribution is -2.39. The first kappa shape index (κ1) is 20.6. The maximum atomic E-state index is 13.1. The molecule has 0 unspecified atom stereocenters. The monoisotopic (exact) mass is 473 g/mol. The Morgan fingerprint density at radius 3 is 2.67 bits per heavy atom. The molecule has 1 rings (SSSR count). The summed E-state index contributed by atoms with van der Waals surface area (Å²) in [6.45, 7) is 4.78. The minimum absolute atomic E-state index is 0. The normalized spacial score (nSPS) is 11.0. The highest BCUT2D eigenvalue weighted by Crippen LogP contribution is 2.16. The van der Waals surface area contributed by atoms with Crippen molar-refractivity contribution in [2.75, 3.05) is 33.4 Å². The van der Waals surface area contributed by atoms with E-state index in [4.69, 9.17) is 4.74 Å². The SMILES string of the molecule is CCOCCNC(=NC)NCCc1ccc(F)c(Br)c1.I. The molecule has 0 fully saturated rings. The second-order valence-electron chi connectivity index (χ2n) is 4.12. The van der Waals surface area contributed by atoms with Crippen LogP contribution in [0.3, 0.4) is 0 Å². The molecule has 0 heterocycles. The lowest BCUT2D eigenvalue weighted by Gasteiger charge is -2.12. The van der Waals surface area contributed by atoms with E-state index < -0.39 is 0 Å². The van der Waals surface area contributed by atoms with Gasteiger partial charge in [0.25, 0.3) is 0 Å². The summed E-state index contributed by atoms with van der Waals surface area (Å²) in [5.41, 5.74) is 1.07. The molecular formula is C14H22BrFIN3O. The average Bonchev–Trinajstić information content (AvgIpc) is 2.45. The molecule has 1 aromatic carbocycles. The Hall–Kier alpha value is -0.410. The maximum absolute atomic E-state index is 13.1. The Labute approximate surface area is 151 Å².